The molecule has 0 fully saturated rings. The average Bonchev–Trinajstić information content (AvgIpc) is 2.14. The van der Waals surface area contributed by atoms with Crippen LogP contribution in [0.5, 0.6) is 11.5 Å². The van der Waals surface area contributed by atoms with Gasteiger partial charge < -0.3 is 9.84 Å². The van der Waals surface area contributed by atoms with E-state index >= 15 is 0 Å². The number of ether oxygens (including phenoxy) is 1. The number of carbonyl (C=O) groups is 2. The molecule has 72 valence electrons. The van der Waals surface area contributed by atoms with Gasteiger partial charge in [-0.25, -0.2) is 4.79 Å². The average molecular weight is 192 g/mol. The topological polar surface area (TPSA) is 63.6 Å². The summed E-state index contributed by atoms with van der Waals surface area (Å²) in [6.07, 6.45) is 0. The molecule has 0 aliphatic carbocycles. The van der Waals surface area contributed by atoms with Gasteiger partial charge in [0.25, 0.3) is 0 Å². The second-order valence-electron chi connectivity index (χ2n) is 3.20. The molecule has 0 saturated carbocycles. The summed E-state index contributed by atoms with van der Waals surface area (Å²) in [5, 5.41) is 9.15. The molecule has 1 N–H and O–H groups in total. The normalized spacial score (nSPS) is 20.2. The highest BCUT2D eigenvalue weighted by atomic mass is 16.5. The lowest BCUT2D eigenvalue weighted by Crippen LogP contribution is -2.30. The maximum atomic E-state index is 11.2. The zero-order valence-electron chi connectivity index (χ0n) is 7.48. The van der Waals surface area contributed by atoms with Crippen molar-refractivity contribution in [2.24, 2.45) is 0 Å². The van der Waals surface area contributed by atoms with Gasteiger partial charge in [0.1, 0.15) is 11.5 Å². The second-order valence-corrected chi connectivity index (χ2v) is 3.20. The Kier molecular flexibility index (Phi) is 1.77. The van der Waals surface area contributed by atoms with Gasteiger partial charge in [-0.3, -0.25) is 4.79 Å². The van der Waals surface area contributed by atoms with Gasteiger partial charge in [0.05, 0.1) is 5.92 Å². The number of ketones is 1. The molecule has 1 heterocycles. The van der Waals surface area contributed by atoms with Gasteiger partial charge >= 0.3 is 5.97 Å². The lowest BCUT2D eigenvalue weighted by Gasteiger charge is -2.19. The maximum Gasteiger partial charge on any atom is 0.380 e. The molecule has 1 atom stereocenters. The summed E-state index contributed by atoms with van der Waals surface area (Å²) in [6, 6.07) is 4.37. The number of carbonyl (C=O) groups excluding carboxylic acids is 2. The van der Waals surface area contributed by atoms with Crippen molar-refractivity contribution in [2.75, 3.05) is 0 Å². The van der Waals surface area contributed by atoms with E-state index in [-0.39, 0.29) is 11.5 Å². The van der Waals surface area contributed by atoms with Crippen LogP contribution in [0.15, 0.2) is 18.2 Å². The van der Waals surface area contributed by atoms with Gasteiger partial charge in [-0.05, 0) is 6.07 Å². The highest BCUT2D eigenvalue weighted by Crippen LogP contribution is 2.34. The third kappa shape index (κ3) is 1.16. The molecule has 4 nitrogen and oxygen atoms in total. The van der Waals surface area contributed by atoms with Crippen molar-refractivity contribution >= 4 is 11.8 Å². The summed E-state index contributed by atoms with van der Waals surface area (Å²) in [4.78, 5) is 22.3. The lowest BCUT2D eigenvalue weighted by atomic mass is 9.93. The fraction of sp³-hybridized carbons (Fsp3) is 0.200. The number of hydrogen-bond acceptors (Lipinski definition) is 4. The molecule has 4 heteroatoms. The third-order valence-corrected chi connectivity index (χ3v) is 2.26. The molecule has 0 amide bonds. The molecule has 1 aromatic rings. The zero-order chi connectivity index (χ0) is 10.3. The number of Topliss-reactive ketones (excluding diaryl/α,β-unsaturated/α-hetero) is 1. The van der Waals surface area contributed by atoms with E-state index in [1.54, 1.807) is 13.0 Å². The van der Waals surface area contributed by atoms with E-state index in [0.29, 0.717) is 5.56 Å². The van der Waals surface area contributed by atoms with Crippen LogP contribution in [-0.2, 0) is 9.59 Å². The zero-order valence-corrected chi connectivity index (χ0v) is 7.48. The van der Waals surface area contributed by atoms with Crippen molar-refractivity contribution in [3.05, 3.63) is 23.8 Å². The van der Waals surface area contributed by atoms with Crippen LogP contribution in [0.3, 0.4) is 0 Å². The van der Waals surface area contributed by atoms with E-state index in [1.165, 1.54) is 12.1 Å². The molecule has 0 saturated heterocycles. The molecular weight excluding hydrogens is 184 g/mol. The quantitative estimate of drug-likeness (QED) is 0.378. The van der Waals surface area contributed by atoms with E-state index < -0.39 is 17.7 Å². The minimum absolute atomic E-state index is 0.0121. The highest BCUT2D eigenvalue weighted by molar-refractivity contribution is 6.37. The number of phenolic OH excluding ortho intramolecular Hbond substituents is 1. The van der Waals surface area contributed by atoms with E-state index in [9.17, 15) is 9.59 Å². The maximum absolute atomic E-state index is 11.2. The highest BCUT2D eigenvalue weighted by Gasteiger charge is 2.32. The number of benzene rings is 1. The van der Waals surface area contributed by atoms with Crippen molar-refractivity contribution in [3.63, 3.8) is 0 Å². The molecule has 1 aliphatic heterocycles. The van der Waals surface area contributed by atoms with Crippen LogP contribution in [-0.4, -0.2) is 16.9 Å². The molecule has 0 aromatic heterocycles. The molecule has 0 spiro atoms. The number of hydrogen-bond donors (Lipinski definition) is 1. The predicted octanol–water partition coefficient (Wildman–Crippen LogP) is 0.984. The first kappa shape index (κ1) is 8.74. The Hall–Kier alpha value is -1.84. The minimum atomic E-state index is -0.865. The summed E-state index contributed by atoms with van der Waals surface area (Å²) in [6.45, 7) is 1.64. The van der Waals surface area contributed by atoms with Gasteiger partial charge in [-0.2, -0.15) is 0 Å². The van der Waals surface area contributed by atoms with Crippen LogP contribution >= 0.6 is 0 Å². The molecule has 1 aromatic carbocycles. The van der Waals surface area contributed by atoms with Crippen LogP contribution in [0.2, 0.25) is 0 Å². The Labute approximate surface area is 80.1 Å². The first-order valence-electron chi connectivity index (χ1n) is 4.18. The summed E-state index contributed by atoms with van der Waals surface area (Å²) in [5.41, 5.74) is 0.632. The van der Waals surface area contributed by atoms with Crippen molar-refractivity contribution in [3.8, 4) is 11.5 Å². The van der Waals surface area contributed by atoms with Crippen LogP contribution in [0, 0.1) is 0 Å². The molecule has 1 unspecified atom stereocenters. The standard InChI is InChI=1S/C10H8O4/c1-5-7-3-2-6(11)4-8(7)14-10(13)9(5)12/h2-5,11H,1H3. The minimum Gasteiger partial charge on any atom is -0.508 e. The van der Waals surface area contributed by atoms with Crippen molar-refractivity contribution in [1.82, 2.24) is 0 Å². The smallest absolute Gasteiger partial charge is 0.380 e. The molecule has 2 rings (SSSR count). The Bertz CT molecular complexity index is 422. The van der Waals surface area contributed by atoms with Gasteiger partial charge in [-0.15, -0.1) is 0 Å². The number of fused-ring (bicyclic) bond motifs is 1. The van der Waals surface area contributed by atoms with Crippen LogP contribution in [0.25, 0.3) is 0 Å². The molecule has 1 aliphatic rings. The van der Waals surface area contributed by atoms with Gasteiger partial charge in [-0.1, -0.05) is 13.0 Å². The SMILES string of the molecule is CC1C(=O)C(=O)Oc2cc(O)ccc21. The van der Waals surface area contributed by atoms with Gasteiger partial charge in [0.2, 0.25) is 5.78 Å². The Morgan fingerprint density at radius 3 is 2.79 bits per heavy atom. The van der Waals surface area contributed by atoms with Crippen molar-refractivity contribution in [1.29, 1.82) is 0 Å². The molecule has 14 heavy (non-hydrogen) atoms. The van der Waals surface area contributed by atoms with Crippen molar-refractivity contribution < 1.29 is 19.4 Å². The van der Waals surface area contributed by atoms with Crippen LogP contribution < -0.4 is 4.74 Å². The number of esters is 1. The molecule has 0 radical (unpaired) electrons. The van der Waals surface area contributed by atoms with E-state index in [2.05, 4.69) is 0 Å². The Morgan fingerprint density at radius 2 is 2.07 bits per heavy atom. The van der Waals surface area contributed by atoms with Gasteiger partial charge in [0, 0.05) is 11.6 Å². The third-order valence-electron chi connectivity index (χ3n) is 2.26. The Balaban J connectivity index is 2.56. The lowest BCUT2D eigenvalue weighted by molar-refractivity contribution is -0.148. The fourth-order valence-corrected chi connectivity index (χ4v) is 1.44. The van der Waals surface area contributed by atoms with E-state index in [1.807, 2.05) is 0 Å². The summed E-state index contributed by atoms with van der Waals surface area (Å²) < 4.78 is 4.75. The van der Waals surface area contributed by atoms with E-state index in [4.69, 9.17) is 9.84 Å². The monoisotopic (exact) mass is 192 g/mol. The van der Waals surface area contributed by atoms with Crippen LogP contribution in [0.4, 0.5) is 0 Å². The fourth-order valence-electron chi connectivity index (χ4n) is 1.44. The first-order chi connectivity index (χ1) is 6.59. The van der Waals surface area contributed by atoms with Crippen LogP contribution in [0.1, 0.15) is 18.4 Å². The predicted molar refractivity (Wildman–Crippen MR) is 47.2 cm³/mol. The summed E-state index contributed by atoms with van der Waals surface area (Å²) >= 11 is 0. The van der Waals surface area contributed by atoms with Gasteiger partial charge in [0.15, 0.2) is 0 Å². The second kappa shape index (κ2) is 2.83. The van der Waals surface area contributed by atoms with Crippen molar-refractivity contribution in [2.45, 2.75) is 12.8 Å². The summed E-state index contributed by atoms with van der Waals surface area (Å²) in [7, 11) is 0. The number of rotatable bonds is 0. The van der Waals surface area contributed by atoms with E-state index in [0.717, 1.165) is 0 Å². The number of phenols is 1. The summed E-state index contributed by atoms with van der Waals surface area (Å²) in [5.74, 6) is -1.63. The first-order valence-corrected chi connectivity index (χ1v) is 4.18. The Morgan fingerprint density at radius 1 is 1.36 bits per heavy atom. The number of aromatic hydroxyl groups is 1. The largest absolute Gasteiger partial charge is 0.508 e. The molecular formula is C10H8O4. The molecule has 0 bridgehead atoms.